The Labute approximate surface area is 171 Å². The molecule has 2 heterocycles. The molecule has 0 bridgehead atoms. The average Bonchev–Trinajstić information content (AvgIpc) is 3.14. The van der Waals surface area contributed by atoms with Gasteiger partial charge in [-0.1, -0.05) is 0 Å². The van der Waals surface area contributed by atoms with Crippen LogP contribution in [0.1, 0.15) is 24.2 Å². The van der Waals surface area contributed by atoms with Crippen LogP contribution in [-0.4, -0.2) is 43.1 Å². The number of carbonyl (C=O) groups is 2. The number of carbonyl (C=O) groups excluding carboxylic acids is 2. The van der Waals surface area contributed by atoms with Gasteiger partial charge in [-0.3, -0.25) is 23.5 Å². The van der Waals surface area contributed by atoms with E-state index in [2.05, 4.69) is 4.98 Å². The molecule has 3 aromatic rings. The largest absolute Gasteiger partial charge is 0.494 e. The molecular weight excluding hydrogens is 392 g/mol. The molecule has 1 atom stereocenters. The predicted molar refractivity (Wildman–Crippen MR) is 108 cm³/mol. The number of fused-ring (bicyclic) bond motifs is 1. The zero-order valence-electron chi connectivity index (χ0n) is 17.1. The summed E-state index contributed by atoms with van der Waals surface area (Å²) in [5.41, 5.74) is -0.445. The summed E-state index contributed by atoms with van der Waals surface area (Å²) < 4.78 is 14.0. The van der Waals surface area contributed by atoms with E-state index in [1.165, 1.54) is 36.5 Å². The standard InChI is InChI=1S/C20H22N4O6/c1-5-29-14-8-6-13(7-9-14)17(26)12(2)30-15(25)10-24-11-21-18-16(24)19(27)23(4)20(28)22(18)3/h6-9,11-12H,5,10H2,1-4H3/t12-/m1/s1. The zero-order valence-corrected chi connectivity index (χ0v) is 17.1. The fraction of sp³-hybridized carbons (Fsp3) is 0.350. The molecular formula is C20H22N4O6. The Bertz CT molecular complexity index is 1220. The first-order valence-corrected chi connectivity index (χ1v) is 9.32. The lowest BCUT2D eigenvalue weighted by Gasteiger charge is -2.13. The van der Waals surface area contributed by atoms with Crippen molar-refractivity contribution in [3.05, 3.63) is 57.0 Å². The maximum absolute atomic E-state index is 12.5. The van der Waals surface area contributed by atoms with Crippen molar-refractivity contribution in [1.82, 2.24) is 18.7 Å². The lowest BCUT2D eigenvalue weighted by molar-refractivity contribution is -0.146. The van der Waals surface area contributed by atoms with Crippen LogP contribution >= 0.6 is 0 Å². The van der Waals surface area contributed by atoms with Crippen LogP contribution < -0.4 is 16.0 Å². The van der Waals surface area contributed by atoms with Crippen molar-refractivity contribution in [2.24, 2.45) is 14.1 Å². The molecule has 0 aliphatic carbocycles. The van der Waals surface area contributed by atoms with E-state index >= 15 is 0 Å². The monoisotopic (exact) mass is 414 g/mol. The van der Waals surface area contributed by atoms with Crippen LogP contribution in [0.25, 0.3) is 11.2 Å². The van der Waals surface area contributed by atoms with Crippen molar-refractivity contribution < 1.29 is 19.1 Å². The zero-order chi connectivity index (χ0) is 22.0. The molecule has 10 nitrogen and oxygen atoms in total. The van der Waals surface area contributed by atoms with Crippen LogP contribution in [0.15, 0.2) is 40.2 Å². The van der Waals surface area contributed by atoms with Crippen molar-refractivity contribution in [3.63, 3.8) is 0 Å². The third kappa shape index (κ3) is 3.88. The molecule has 10 heteroatoms. The molecule has 0 amide bonds. The number of hydrogen-bond acceptors (Lipinski definition) is 7. The number of hydrogen-bond donors (Lipinski definition) is 0. The van der Waals surface area contributed by atoms with Gasteiger partial charge in [0.1, 0.15) is 12.3 Å². The maximum Gasteiger partial charge on any atom is 0.332 e. The predicted octanol–water partition coefficient (Wildman–Crippen LogP) is 0.647. The van der Waals surface area contributed by atoms with Gasteiger partial charge in [-0.05, 0) is 38.1 Å². The topological polar surface area (TPSA) is 114 Å². The molecule has 0 radical (unpaired) electrons. The van der Waals surface area contributed by atoms with Crippen LogP contribution in [0.3, 0.4) is 0 Å². The van der Waals surface area contributed by atoms with Gasteiger partial charge in [-0.15, -0.1) is 0 Å². The van der Waals surface area contributed by atoms with Gasteiger partial charge in [0.25, 0.3) is 5.56 Å². The maximum atomic E-state index is 12.5. The van der Waals surface area contributed by atoms with Gasteiger partial charge >= 0.3 is 11.7 Å². The SMILES string of the molecule is CCOc1ccc(C(=O)[C@@H](C)OC(=O)Cn2cnc3c2c(=O)n(C)c(=O)n3C)cc1. The first-order chi connectivity index (χ1) is 14.2. The second-order valence-corrected chi connectivity index (χ2v) is 6.70. The van der Waals surface area contributed by atoms with Crippen LogP contribution in [0.4, 0.5) is 0 Å². The molecule has 0 aliphatic rings. The molecule has 158 valence electrons. The smallest absolute Gasteiger partial charge is 0.332 e. The highest BCUT2D eigenvalue weighted by Gasteiger charge is 2.21. The Morgan fingerprint density at radius 2 is 1.77 bits per heavy atom. The van der Waals surface area contributed by atoms with Crippen LogP contribution in [-0.2, 0) is 30.2 Å². The molecule has 0 saturated heterocycles. The quantitative estimate of drug-likeness (QED) is 0.412. The number of ether oxygens (including phenoxy) is 2. The van der Waals surface area contributed by atoms with Crippen LogP contribution in [0.2, 0.25) is 0 Å². The molecule has 0 N–H and O–H groups in total. The normalized spacial score (nSPS) is 12.0. The molecule has 0 saturated carbocycles. The Kier molecular flexibility index (Phi) is 5.86. The highest BCUT2D eigenvalue weighted by atomic mass is 16.5. The van der Waals surface area contributed by atoms with Crippen molar-refractivity contribution in [2.75, 3.05) is 6.61 Å². The van der Waals surface area contributed by atoms with E-state index in [1.54, 1.807) is 24.3 Å². The van der Waals surface area contributed by atoms with Gasteiger partial charge in [0.2, 0.25) is 5.78 Å². The lowest BCUT2D eigenvalue weighted by atomic mass is 10.1. The van der Waals surface area contributed by atoms with E-state index in [0.717, 1.165) is 4.57 Å². The third-order valence-electron chi connectivity index (χ3n) is 4.64. The molecule has 0 unspecified atom stereocenters. The van der Waals surface area contributed by atoms with Crippen molar-refractivity contribution >= 4 is 22.9 Å². The average molecular weight is 414 g/mol. The number of rotatable bonds is 7. The number of imidazole rings is 1. The minimum absolute atomic E-state index is 0.0991. The van der Waals surface area contributed by atoms with Crippen LogP contribution in [0, 0.1) is 0 Å². The summed E-state index contributed by atoms with van der Waals surface area (Å²) >= 11 is 0. The van der Waals surface area contributed by atoms with Gasteiger partial charge in [0.15, 0.2) is 17.3 Å². The van der Waals surface area contributed by atoms with Crippen molar-refractivity contribution in [3.8, 4) is 5.75 Å². The Morgan fingerprint density at radius 1 is 1.10 bits per heavy atom. The first-order valence-electron chi connectivity index (χ1n) is 9.32. The van der Waals surface area contributed by atoms with E-state index in [9.17, 15) is 19.2 Å². The lowest BCUT2D eigenvalue weighted by Crippen LogP contribution is -2.37. The molecule has 0 aliphatic heterocycles. The summed E-state index contributed by atoms with van der Waals surface area (Å²) in [5.74, 6) is -0.432. The fourth-order valence-corrected chi connectivity index (χ4v) is 3.06. The molecule has 2 aromatic heterocycles. The summed E-state index contributed by atoms with van der Waals surface area (Å²) in [4.78, 5) is 53.3. The van der Waals surface area contributed by atoms with E-state index in [4.69, 9.17) is 9.47 Å². The van der Waals surface area contributed by atoms with Gasteiger partial charge < -0.3 is 14.0 Å². The summed E-state index contributed by atoms with van der Waals surface area (Å²) in [6.07, 6.45) is 0.267. The third-order valence-corrected chi connectivity index (χ3v) is 4.64. The number of benzene rings is 1. The highest BCUT2D eigenvalue weighted by molar-refractivity contribution is 6.00. The number of aryl methyl sites for hydroxylation is 1. The number of esters is 1. The fourth-order valence-electron chi connectivity index (χ4n) is 3.06. The van der Waals surface area contributed by atoms with Gasteiger partial charge in [-0.2, -0.15) is 0 Å². The molecule has 30 heavy (non-hydrogen) atoms. The minimum atomic E-state index is -1.02. The summed E-state index contributed by atoms with van der Waals surface area (Å²) in [7, 11) is 2.83. The Hall–Kier alpha value is -3.69. The van der Waals surface area contributed by atoms with Crippen LogP contribution in [0.5, 0.6) is 5.75 Å². The second kappa shape index (κ2) is 8.36. The van der Waals surface area contributed by atoms with Gasteiger partial charge in [-0.25, -0.2) is 9.78 Å². The van der Waals surface area contributed by atoms with Crippen molar-refractivity contribution in [2.45, 2.75) is 26.5 Å². The van der Waals surface area contributed by atoms with Gasteiger partial charge in [0, 0.05) is 19.7 Å². The Balaban J connectivity index is 1.75. The summed E-state index contributed by atoms with van der Waals surface area (Å²) in [6, 6.07) is 6.54. The van der Waals surface area contributed by atoms with E-state index in [-0.39, 0.29) is 23.5 Å². The number of Topliss-reactive ketones (excluding diaryl/α,β-unsaturated/α-hetero) is 1. The first kappa shape index (κ1) is 21.0. The molecule has 0 fully saturated rings. The molecule has 3 rings (SSSR count). The number of aromatic nitrogens is 4. The highest BCUT2D eigenvalue weighted by Crippen LogP contribution is 2.15. The van der Waals surface area contributed by atoms with Gasteiger partial charge in [0.05, 0.1) is 12.9 Å². The van der Waals surface area contributed by atoms with E-state index in [1.807, 2.05) is 6.92 Å². The second-order valence-electron chi connectivity index (χ2n) is 6.70. The van der Waals surface area contributed by atoms with E-state index < -0.39 is 23.3 Å². The molecule has 1 aromatic carbocycles. The number of nitrogens with zero attached hydrogens (tertiary/aromatic N) is 4. The summed E-state index contributed by atoms with van der Waals surface area (Å²) in [5, 5.41) is 0. The van der Waals surface area contributed by atoms with Crippen molar-refractivity contribution in [1.29, 1.82) is 0 Å². The Morgan fingerprint density at radius 3 is 2.40 bits per heavy atom. The summed E-state index contributed by atoms with van der Waals surface area (Å²) in [6.45, 7) is 3.53. The molecule has 0 spiro atoms. The van der Waals surface area contributed by atoms with E-state index in [0.29, 0.717) is 17.9 Å². The minimum Gasteiger partial charge on any atom is -0.494 e. The number of ketones is 1.